The first-order chi connectivity index (χ1) is 12.6. The zero-order valence-electron chi connectivity index (χ0n) is 15.8. The van der Waals surface area contributed by atoms with Gasteiger partial charge in [0.05, 0.1) is 15.7 Å². The summed E-state index contributed by atoms with van der Waals surface area (Å²) in [6.45, 7) is 8.04. The third-order valence-corrected chi connectivity index (χ3v) is 5.68. The summed E-state index contributed by atoms with van der Waals surface area (Å²) < 4.78 is 0. The third kappa shape index (κ3) is 6.98. The fourth-order valence-electron chi connectivity index (χ4n) is 3.26. The number of halogens is 2. The van der Waals surface area contributed by atoms with E-state index in [9.17, 15) is 4.79 Å². The zero-order chi connectivity index (χ0) is 18.8. The van der Waals surface area contributed by atoms with E-state index in [-0.39, 0.29) is 5.91 Å². The predicted octanol–water partition coefficient (Wildman–Crippen LogP) is 4.59. The van der Waals surface area contributed by atoms with Crippen LogP contribution in [0.5, 0.6) is 0 Å². The van der Waals surface area contributed by atoms with Gasteiger partial charge in [-0.25, -0.2) is 0 Å². The van der Waals surface area contributed by atoms with E-state index in [2.05, 4.69) is 22.0 Å². The van der Waals surface area contributed by atoms with Crippen molar-refractivity contribution in [3.8, 4) is 0 Å². The molecule has 0 bridgehead atoms. The Bertz CT molecular complexity index is 560. The van der Waals surface area contributed by atoms with Crippen LogP contribution in [0.15, 0.2) is 18.2 Å². The fourth-order valence-corrected chi connectivity index (χ4v) is 3.68. The number of nitrogens with one attached hydrogen (secondary N) is 1. The van der Waals surface area contributed by atoms with Gasteiger partial charge in [0, 0.05) is 39.1 Å². The highest BCUT2D eigenvalue weighted by Crippen LogP contribution is 2.32. The van der Waals surface area contributed by atoms with E-state index in [1.54, 1.807) is 0 Å². The van der Waals surface area contributed by atoms with Crippen LogP contribution >= 0.6 is 23.2 Å². The van der Waals surface area contributed by atoms with Gasteiger partial charge in [-0.3, -0.25) is 9.69 Å². The van der Waals surface area contributed by atoms with Gasteiger partial charge in [-0.2, -0.15) is 0 Å². The van der Waals surface area contributed by atoms with Crippen molar-refractivity contribution >= 4 is 34.8 Å². The molecule has 0 saturated carbocycles. The average molecular weight is 400 g/mol. The Morgan fingerprint density at radius 3 is 2.58 bits per heavy atom. The Morgan fingerprint density at radius 2 is 1.85 bits per heavy atom. The van der Waals surface area contributed by atoms with Crippen LogP contribution in [0, 0.1) is 0 Å². The molecule has 0 unspecified atom stereocenters. The van der Waals surface area contributed by atoms with Gasteiger partial charge in [-0.1, -0.05) is 49.0 Å². The first kappa shape index (κ1) is 21.3. The summed E-state index contributed by atoms with van der Waals surface area (Å²) in [5.41, 5.74) is 1.03. The highest BCUT2D eigenvalue weighted by atomic mass is 35.5. The van der Waals surface area contributed by atoms with Gasteiger partial charge in [0.2, 0.25) is 5.91 Å². The lowest BCUT2D eigenvalue weighted by molar-refractivity contribution is -0.121. The molecule has 2 rings (SSSR count). The molecule has 1 aromatic rings. The molecule has 6 heteroatoms. The number of amides is 1. The Labute approximate surface area is 167 Å². The Balaban J connectivity index is 1.58. The van der Waals surface area contributed by atoms with Crippen molar-refractivity contribution in [3.05, 3.63) is 28.2 Å². The molecule has 0 spiro atoms. The third-order valence-electron chi connectivity index (χ3n) is 4.87. The molecule has 0 aromatic heterocycles. The van der Waals surface area contributed by atoms with E-state index < -0.39 is 0 Å². The van der Waals surface area contributed by atoms with Crippen LogP contribution in [0.2, 0.25) is 10.0 Å². The standard InChI is InChI=1S/C20H31Cl2N3O/c1-2-3-4-10-19(26)23-11-5-6-12-24-13-15-25(16-14-24)18-9-7-8-17(21)20(18)22/h7-9H,2-6,10-16H2,1H3,(H,23,26). The summed E-state index contributed by atoms with van der Waals surface area (Å²) in [7, 11) is 0. The summed E-state index contributed by atoms with van der Waals surface area (Å²) in [6, 6.07) is 5.81. The molecule has 1 fully saturated rings. The molecule has 1 N–H and O–H groups in total. The van der Waals surface area contributed by atoms with Crippen LogP contribution < -0.4 is 10.2 Å². The van der Waals surface area contributed by atoms with Crippen LogP contribution in [-0.4, -0.2) is 50.1 Å². The number of anilines is 1. The second-order valence-electron chi connectivity index (χ2n) is 6.92. The molecular formula is C20H31Cl2N3O. The zero-order valence-corrected chi connectivity index (χ0v) is 17.3. The maximum atomic E-state index is 11.7. The number of rotatable bonds is 10. The first-order valence-electron chi connectivity index (χ1n) is 9.80. The smallest absolute Gasteiger partial charge is 0.219 e. The van der Waals surface area contributed by atoms with Crippen molar-refractivity contribution in [2.45, 2.75) is 45.4 Å². The fraction of sp³-hybridized carbons (Fsp3) is 0.650. The van der Waals surface area contributed by atoms with Crippen molar-refractivity contribution in [1.29, 1.82) is 0 Å². The number of piperazine rings is 1. The lowest BCUT2D eigenvalue weighted by Crippen LogP contribution is -2.46. The maximum absolute atomic E-state index is 11.7. The van der Waals surface area contributed by atoms with E-state index in [0.29, 0.717) is 16.5 Å². The highest BCUT2D eigenvalue weighted by molar-refractivity contribution is 6.43. The van der Waals surface area contributed by atoms with Gasteiger partial charge >= 0.3 is 0 Å². The largest absolute Gasteiger partial charge is 0.368 e. The first-order valence-corrected chi connectivity index (χ1v) is 10.6. The lowest BCUT2D eigenvalue weighted by atomic mass is 10.2. The summed E-state index contributed by atoms with van der Waals surface area (Å²) in [4.78, 5) is 16.4. The summed E-state index contributed by atoms with van der Waals surface area (Å²) in [5.74, 6) is 0.200. The Hall–Kier alpha value is -0.970. The van der Waals surface area contributed by atoms with E-state index in [0.717, 1.165) is 77.1 Å². The molecule has 26 heavy (non-hydrogen) atoms. The van der Waals surface area contributed by atoms with Gasteiger partial charge in [-0.15, -0.1) is 0 Å². The minimum atomic E-state index is 0.200. The molecule has 1 aliphatic rings. The highest BCUT2D eigenvalue weighted by Gasteiger charge is 2.19. The van der Waals surface area contributed by atoms with E-state index in [1.807, 2.05) is 18.2 Å². The molecule has 4 nitrogen and oxygen atoms in total. The molecule has 1 aromatic carbocycles. The number of nitrogens with zero attached hydrogens (tertiary/aromatic N) is 2. The minimum absolute atomic E-state index is 0.200. The Kier molecular flexibility index (Phi) is 9.58. The normalized spacial score (nSPS) is 15.3. The number of benzene rings is 1. The number of hydrogen-bond donors (Lipinski definition) is 1. The second-order valence-corrected chi connectivity index (χ2v) is 7.70. The van der Waals surface area contributed by atoms with E-state index >= 15 is 0 Å². The SMILES string of the molecule is CCCCCC(=O)NCCCCN1CCN(c2cccc(Cl)c2Cl)CC1. The van der Waals surface area contributed by atoms with Crippen molar-refractivity contribution in [2.75, 3.05) is 44.2 Å². The second kappa shape index (κ2) is 11.7. The van der Waals surface area contributed by atoms with E-state index in [4.69, 9.17) is 23.2 Å². The average Bonchev–Trinajstić information content (AvgIpc) is 2.64. The summed E-state index contributed by atoms with van der Waals surface area (Å²) in [5, 5.41) is 4.29. The number of carbonyl (C=O) groups is 1. The van der Waals surface area contributed by atoms with Gasteiger partial charge in [0.25, 0.3) is 0 Å². The molecule has 0 radical (unpaired) electrons. The Morgan fingerprint density at radius 1 is 1.08 bits per heavy atom. The van der Waals surface area contributed by atoms with Crippen molar-refractivity contribution in [1.82, 2.24) is 10.2 Å². The van der Waals surface area contributed by atoms with Crippen LogP contribution in [0.4, 0.5) is 5.69 Å². The topological polar surface area (TPSA) is 35.6 Å². The monoisotopic (exact) mass is 399 g/mol. The van der Waals surface area contributed by atoms with Crippen LogP contribution in [-0.2, 0) is 4.79 Å². The lowest BCUT2D eigenvalue weighted by Gasteiger charge is -2.36. The molecule has 146 valence electrons. The van der Waals surface area contributed by atoms with Crippen molar-refractivity contribution in [3.63, 3.8) is 0 Å². The van der Waals surface area contributed by atoms with Crippen LogP contribution in [0.3, 0.4) is 0 Å². The number of hydrogen-bond acceptors (Lipinski definition) is 3. The molecule has 1 amide bonds. The molecule has 1 aliphatic heterocycles. The molecule has 1 heterocycles. The van der Waals surface area contributed by atoms with Gasteiger partial charge in [0.1, 0.15) is 0 Å². The van der Waals surface area contributed by atoms with Crippen LogP contribution in [0.25, 0.3) is 0 Å². The molecule has 0 atom stereocenters. The molecule has 0 aliphatic carbocycles. The van der Waals surface area contributed by atoms with E-state index in [1.165, 1.54) is 0 Å². The quantitative estimate of drug-likeness (QED) is 0.584. The van der Waals surface area contributed by atoms with Gasteiger partial charge < -0.3 is 10.2 Å². The van der Waals surface area contributed by atoms with Crippen molar-refractivity contribution in [2.24, 2.45) is 0 Å². The van der Waals surface area contributed by atoms with Gasteiger partial charge in [-0.05, 0) is 37.9 Å². The summed E-state index contributed by atoms with van der Waals surface area (Å²) in [6.07, 6.45) is 6.13. The molecule has 1 saturated heterocycles. The number of carbonyl (C=O) groups excluding carboxylic acids is 1. The number of unbranched alkanes of at least 4 members (excludes halogenated alkanes) is 3. The van der Waals surface area contributed by atoms with Gasteiger partial charge in [0.15, 0.2) is 0 Å². The molecular weight excluding hydrogens is 369 g/mol. The van der Waals surface area contributed by atoms with Crippen LogP contribution in [0.1, 0.15) is 45.4 Å². The van der Waals surface area contributed by atoms with Crippen molar-refractivity contribution < 1.29 is 4.79 Å². The summed E-state index contributed by atoms with van der Waals surface area (Å²) >= 11 is 12.4. The predicted molar refractivity (Wildman–Crippen MR) is 112 cm³/mol. The maximum Gasteiger partial charge on any atom is 0.219 e. The minimum Gasteiger partial charge on any atom is -0.368 e.